The molecular weight excluding hydrogens is 260 g/mol. The highest BCUT2D eigenvalue weighted by Gasteiger charge is 2.26. The molecule has 8 heteroatoms. The highest BCUT2D eigenvalue weighted by molar-refractivity contribution is 7.91. The SMILES string of the molecule is CC1CCCC(NS(=O)(=O)c2nnc(N)s2)C1. The van der Waals surface area contributed by atoms with Crippen LogP contribution in [0.15, 0.2) is 4.34 Å². The van der Waals surface area contributed by atoms with E-state index in [4.69, 9.17) is 5.73 Å². The zero-order valence-electron chi connectivity index (χ0n) is 9.59. The van der Waals surface area contributed by atoms with Gasteiger partial charge < -0.3 is 5.73 Å². The maximum Gasteiger partial charge on any atom is 0.270 e. The van der Waals surface area contributed by atoms with Gasteiger partial charge in [-0.05, 0) is 18.8 Å². The van der Waals surface area contributed by atoms with Gasteiger partial charge in [0.25, 0.3) is 10.0 Å². The molecule has 3 N–H and O–H groups in total. The van der Waals surface area contributed by atoms with Crippen molar-refractivity contribution in [1.82, 2.24) is 14.9 Å². The molecule has 0 saturated heterocycles. The molecule has 0 radical (unpaired) electrons. The van der Waals surface area contributed by atoms with E-state index in [-0.39, 0.29) is 15.5 Å². The van der Waals surface area contributed by atoms with E-state index in [1.54, 1.807) is 0 Å². The van der Waals surface area contributed by atoms with Crippen molar-refractivity contribution in [2.45, 2.75) is 43.0 Å². The number of nitrogens with two attached hydrogens (primary N) is 1. The van der Waals surface area contributed by atoms with E-state index in [1.807, 2.05) is 0 Å². The van der Waals surface area contributed by atoms with Gasteiger partial charge in [-0.15, -0.1) is 10.2 Å². The lowest BCUT2D eigenvalue weighted by Gasteiger charge is -2.26. The Morgan fingerprint density at radius 1 is 1.41 bits per heavy atom. The van der Waals surface area contributed by atoms with E-state index in [0.717, 1.165) is 30.6 Å². The van der Waals surface area contributed by atoms with Gasteiger partial charge in [-0.2, -0.15) is 0 Å². The van der Waals surface area contributed by atoms with Gasteiger partial charge in [0.2, 0.25) is 9.47 Å². The third kappa shape index (κ3) is 3.14. The van der Waals surface area contributed by atoms with Crippen LogP contribution >= 0.6 is 11.3 Å². The molecule has 0 amide bonds. The first-order chi connectivity index (χ1) is 7.97. The van der Waals surface area contributed by atoms with Crippen LogP contribution in [0, 0.1) is 5.92 Å². The minimum atomic E-state index is -3.55. The second-order valence-electron chi connectivity index (χ2n) is 4.50. The summed E-state index contributed by atoms with van der Waals surface area (Å²) in [5, 5.41) is 7.25. The molecule has 0 bridgehead atoms. The van der Waals surface area contributed by atoms with Gasteiger partial charge in [0.05, 0.1) is 0 Å². The molecule has 1 heterocycles. The minimum Gasteiger partial charge on any atom is -0.374 e. The molecule has 0 aliphatic heterocycles. The monoisotopic (exact) mass is 276 g/mol. The molecule has 1 fully saturated rings. The van der Waals surface area contributed by atoms with Crippen molar-refractivity contribution in [3.63, 3.8) is 0 Å². The van der Waals surface area contributed by atoms with Gasteiger partial charge in [-0.1, -0.05) is 31.1 Å². The minimum absolute atomic E-state index is 0.00822. The predicted molar refractivity (Wildman–Crippen MR) is 66.1 cm³/mol. The van der Waals surface area contributed by atoms with Crippen molar-refractivity contribution in [2.24, 2.45) is 5.92 Å². The second-order valence-corrected chi connectivity index (χ2v) is 7.39. The van der Waals surface area contributed by atoms with Crippen molar-refractivity contribution >= 4 is 26.5 Å². The molecule has 1 saturated carbocycles. The summed E-state index contributed by atoms with van der Waals surface area (Å²) in [6.07, 6.45) is 4.00. The largest absolute Gasteiger partial charge is 0.374 e. The molecule has 17 heavy (non-hydrogen) atoms. The number of rotatable bonds is 3. The normalized spacial score (nSPS) is 25.9. The van der Waals surface area contributed by atoms with Gasteiger partial charge in [0.15, 0.2) is 0 Å². The summed E-state index contributed by atoms with van der Waals surface area (Å²) in [4.78, 5) is 0. The van der Waals surface area contributed by atoms with E-state index >= 15 is 0 Å². The summed E-state index contributed by atoms with van der Waals surface area (Å²) < 4.78 is 26.6. The van der Waals surface area contributed by atoms with Gasteiger partial charge >= 0.3 is 0 Å². The standard InChI is InChI=1S/C9H16N4O2S2/c1-6-3-2-4-7(5-6)13-17(14,15)9-12-11-8(10)16-9/h6-7,13H,2-5H2,1H3,(H2,10,11). The zero-order valence-corrected chi connectivity index (χ0v) is 11.2. The molecular formula is C9H16N4O2S2. The van der Waals surface area contributed by atoms with Crippen LogP contribution in [0.5, 0.6) is 0 Å². The highest BCUT2D eigenvalue weighted by atomic mass is 32.2. The van der Waals surface area contributed by atoms with Crippen molar-refractivity contribution in [3.8, 4) is 0 Å². The molecule has 1 aromatic rings. The van der Waals surface area contributed by atoms with E-state index in [1.165, 1.54) is 6.42 Å². The zero-order chi connectivity index (χ0) is 12.5. The number of sulfonamides is 1. The number of anilines is 1. The third-order valence-electron chi connectivity index (χ3n) is 2.91. The molecule has 2 rings (SSSR count). The molecule has 1 aromatic heterocycles. The molecule has 96 valence electrons. The van der Waals surface area contributed by atoms with Gasteiger partial charge in [-0.25, -0.2) is 13.1 Å². The Balaban J connectivity index is 2.07. The summed E-state index contributed by atoms with van der Waals surface area (Å²) in [5.74, 6) is 0.566. The van der Waals surface area contributed by atoms with Crippen LogP contribution in [0.2, 0.25) is 0 Å². The number of hydrogen-bond donors (Lipinski definition) is 2. The Hall–Kier alpha value is -0.730. The predicted octanol–water partition coefficient (Wildman–Crippen LogP) is 0.977. The highest BCUT2D eigenvalue weighted by Crippen LogP contribution is 2.25. The Kier molecular flexibility index (Phi) is 3.64. The summed E-state index contributed by atoms with van der Waals surface area (Å²) in [5.41, 5.74) is 5.38. The molecule has 0 spiro atoms. The summed E-state index contributed by atoms with van der Waals surface area (Å²) in [7, 11) is -3.55. The number of nitrogens with zero attached hydrogens (tertiary/aromatic N) is 2. The van der Waals surface area contributed by atoms with Crippen LogP contribution in [-0.4, -0.2) is 24.7 Å². The fraction of sp³-hybridized carbons (Fsp3) is 0.778. The molecule has 2 unspecified atom stereocenters. The average Bonchev–Trinajstić information content (AvgIpc) is 2.65. The molecule has 1 aliphatic rings. The van der Waals surface area contributed by atoms with Crippen molar-refractivity contribution < 1.29 is 8.42 Å². The van der Waals surface area contributed by atoms with Crippen LogP contribution in [0.4, 0.5) is 5.13 Å². The summed E-state index contributed by atoms with van der Waals surface area (Å²) in [6.45, 7) is 2.14. The summed E-state index contributed by atoms with van der Waals surface area (Å²) in [6, 6.07) is 0.00822. The maximum absolute atomic E-state index is 12.0. The third-order valence-corrected chi connectivity index (χ3v) is 5.55. The molecule has 1 aliphatic carbocycles. The first kappa shape index (κ1) is 12.7. The van der Waals surface area contributed by atoms with E-state index in [0.29, 0.717) is 5.92 Å². The Bertz CT molecular complexity index is 485. The van der Waals surface area contributed by atoms with Crippen LogP contribution in [0.1, 0.15) is 32.6 Å². The number of nitrogens with one attached hydrogen (secondary N) is 1. The van der Waals surface area contributed by atoms with Crippen molar-refractivity contribution in [2.75, 3.05) is 5.73 Å². The lowest BCUT2D eigenvalue weighted by molar-refractivity contribution is 0.327. The number of aromatic nitrogens is 2. The van der Waals surface area contributed by atoms with Crippen LogP contribution in [0.3, 0.4) is 0 Å². The van der Waals surface area contributed by atoms with Crippen LogP contribution < -0.4 is 10.5 Å². The first-order valence-corrected chi connectivity index (χ1v) is 7.88. The smallest absolute Gasteiger partial charge is 0.270 e. The quantitative estimate of drug-likeness (QED) is 0.857. The van der Waals surface area contributed by atoms with Crippen LogP contribution in [0.25, 0.3) is 0 Å². The molecule has 6 nitrogen and oxygen atoms in total. The fourth-order valence-corrected chi connectivity index (χ4v) is 4.22. The van der Waals surface area contributed by atoms with Crippen LogP contribution in [-0.2, 0) is 10.0 Å². The lowest BCUT2D eigenvalue weighted by Crippen LogP contribution is -2.37. The average molecular weight is 276 g/mol. The van der Waals surface area contributed by atoms with E-state index < -0.39 is 10.0 Å². The second kappa shape index (κ2) is 4.87. The van der Waals surface area contributed by atoms with Gasteiger partial charge in [0.1, 0.15) is 0 Å². The van der Waals surface area contributed by atoms with E-state index in [9.17, 15) is 8.42 Å². The maximum atomic E-state index is 12.0. The lowest BCUT2D eigenvalue weighted by atomic mass is 9.88. The Labute approximate surface area is 105 Å². The Morgan fingerprint density at radius 3 is 2.76 bits per heavy atom. The molecule has 0 aromatic carbocycles. The topological polar surface area (TPSA) is 98.0 Å². The van der Waals surface area contributed by atoms with Gasteiger partial charge in [0, 0.05) is 6.04 Å². The Morgan fingerprint density at radius 2 is 2.18 bits per heavy atom. The number of hydrogen-bond acceptors (Lipinski definition) is 6. The number of nitrogen functional groups attached to an aromatic ring is 1. The van der Waals surface area contributed by atoms with Gasteiger partial charge in [-0.3, -0.25) is 0 Å². The van der Waals surface area contributed by atoms with Crippen molar-refractivity contribution in [1.29, 1.82) is 0 Å². The first-order valence-electron chi connectivity index (χ1n) is 5.58. The fourth-order valence-electron chi connectivity index (χ4n) is 2.14. The van der Waals surface area contributed by atoms with Crippen molar-refractivity contribution in [3.05, 3.63) is 0 Å². The van der Waals surface area contributed by atoms with E-state index in [2.05, 4.69) is 21.8 Å². The molecule has 2 atom stereocenters. The summed E-state index contributed by atoms with van der Waals surface area (Å²) >= 11 is 0.889.